The molecule has 0 spiro atoms. The number of sulfone groups is 1. The first-order valence-corrected chi connectivity index (χ1v) is 7.24. The van der Waals surface area contributed by atoms with Crippen molar-refractivity contribution < 1.29 is 13.2 Å². The van der Waals surface area contributed by atoms with E-state index < -0.39 is 9.84 Å². The lowest BCUT2D eigenvalue weighted by atomic mass is 10.2. The molecule has 2 aromatic carbocycles. The smallest absolute Gasteiger partial charge is 0.239 e. The van der Waals surface area contributed by atoms with E-state index in [2.05, 4.69) is 0 Å². The zero-order valence-corrected chi connectivity index (χ0v) is 11.3. The summed E-state index contributed by atoms with van der Waals surface area (Å²) >= 11 is 0. The Morgan fingerprint density at radius 3 is 2.00 bits per heavy atom. The van der Waals surface area contributed by atoms with Gasteiger partial charge in [-0.3, -0.25) is 0 Å². The first-order valence-electron chi connectivity index (χ1n) is 5.75. The van der Waals surface area contributed by atoms with Gasteiger partial charge in [-0.25, -0.2) is 8.42 Å². The summed E-state index contributed by atoms with van der Waals surface area (Å²) in [7, 11) is -2.25. The maximum Gasteiger partial charge on any atom is 0.239 e. The van der Waals surface area contributed by atoms with Gasteiger partial charge in [0.2, 0.25) is 14.9 Å². The van der Waals surface area contributed by atoms with Crippen molar-refractivity contribution >= 4 is 15.9 Å². The second-order valence-electron chi connectivity index (χ2n) is 3.89. The van der Waals surface area contributed by atoms with E-state index in [9.17, 15) is 8.42 Å². The summed E-state index contributed by atoms with van der Waals surface area (Å²) in [5.74, 6) is 0. The number of hydrogen-bond acceptors (Lipinski definition) is 3. The van der Waals surface area contributed by atoms with Crippen LogP contribution in [0.15, 0.2) is 70.7 Å². The minimum atomic E-state index is -3.61. The molecule has 19 heavy (non-hydrogen) atoms. The van der Waals surface area contributed by atoms with Crippen LogP contribution in [0.5, 0.6) is 0 Å². The van der Waals surface area contributed by atoms with Crippen LogP contribution in [0.1, 0.15) is 5.56 Å². The molecule has 98 valence electrons. The predicted octanol–water partition coefficient (Wildman–Crippen LogP) is 3.11. The Kier molecular flexibility index (Phi) is 4.02. The topological polar surface area (TPSA) is 43.4 Å². The van der Waals surface area contributed by atoms with Gasteiger partial charge in [-0.05, 0) is 23.8 Å². The van der Waals surface area contributed by atoms with E-state index >= 15 is 0 Å². The summed E-state index contributed by atoms with van der Waals surface area (Å²) in [5.41, 5.74) is 0.777. The molecule has 0 saturated carbocycles. The summed E-state index contributed by atoms with van der Waals surface area (Å²) in [6, 6.07) is 17.4. The van der Waals surface area contributed by atoms with E-state index in [-0.39, 0.29) is 9.99 Å². The Morgan fingerprint density at radius 2 is 1.47 bits per heavy atom. The second kappa shape index (κ2) is 5.71. The zero-order chi connectivity index (χ0) is 13.7. The SMILES string of the molecule is CO/C(=C\c1ccccc1)S(=O)(=O)c1ccccc1. The van der Waals surface area contributed by atoms with Gasteiger partial charge in [0.15, 0.2) is 0 Å². The van der Waals surface area contributed by atoms with E-state index in [4.69, 9.17) is 4.74 Å². The Morgan fingerprint density at radius 1 is 0.947 bits per heavy atom. The van der Waals surface area contributed by atoms with Crippen LogP contribution in [-0.2, 0) is 14.6 Å². The fourth-order valence-corrected chi connectivity index (χ4v) is 2.91. The van der Waals surface area contributed by atoms with Gasteiger partial charge in [0.25, 0.3) is 0 Å². The van der Waals surface area contributed by atoms with Crippen molar-refractivity contribution in [3.63, 3.8) is 0 Å². The number of methoxy groups -OCH3 is 1. The summed E-state index contributed by atoms with van der Waals surface area (Å²) in [4.78, 5) is 0.221. The maximum absolute atomic E-state index is 12.4. The van der Waals surface area contributed by atoms with Crippen molar-refractivity contribution in [2.24, 2.45) is 0 Å². The van der Waals surface area contributed by atoms with E-state index in [1.165, 1.54) is 13.2 Å². The van der Waals surface area contributed by atoms with Gasteiger partial charge in [-0.1, -0.05) is 48.5 Å². The fourth-order valence-electron chi connectivity index (χ4n) is 1.65. The number of rotatable bonds is 4. The molecular formula is C15H14O3S. The van der Waals surface area contributed by atoms with E-state index in [0.29, 0.717) is 0 Å². The van der Waals surface area contributed by atoms with Crippen LogP contribution < -0.4 is 0 Å². The normalized spacial score (nSPS) is 12.2. The van der Waals surface area contributed by atoms with Crippen LogP contribution in [0.25, 0.3) is 6.08 Å². The van der Waals surface area contributed by atoms with Crippen LogP contribution >= 0.6 is 0 Å². The summed E-state index contributed by atoms with van der Waals surface area (Å²) in [6.07, 6.45) is 1.52. The van der Waals surface area contributed by atoms with Gasteiger partial charge in [-0.2, -0.15) is 0 Å². The standard InChI is InChI=1S/C15H14O3S/c1-18-15(12-13-8-4-2-5-9-13)19(16,17)14-10-6-3-7-11-14/h2-12H,1H3/b15-12+. The summed E-state index contributed by atoms with van der Waals surface area (Å²) in [5, 5.41) is -0.0649. The highest BCUT2D eigenvalue weighted by atomic mass is 32.2. The lowest BCUT2D eigenvalue weighted by Gasteiger charge is -2.08. The minimum absolute atomic E-state index is 0.0649. The van der Waals surface area contributed by atoms with Gasteiger partial charge in [0.05, 0.1) is 12.0 Å². The first-order chi connectivity index (χ1) is 9.14. The number of ether oxygens (including phenoxy) is 1. The van der Waals surface area contributed by atoms with Crippen molar-refractivity contribution in [3.8, 4) is 0 Å². The predicted molar refractivity (Wildman–Crippen MR) is 75.1 cm³/mol. The minimum Gasteiger partial charge on any atom is -0.486 e. The molecular weight excluding hydrogens is 260 g/mol. The van der Waals surface area contributed by atoms with Crippen molar-refractivity contribution in [2.75, 3.05) is 7.11 Å². The van der Waals surface area contributed by atoms with Gasteiger partial charge in [0.1, 0.15) is 0 Å². The van der Waals surface area contributed by atoms with Crippen LogP contribution in [0.3, 0.4) is 0 Å². The molecule has 0 N–H and O–H groups in total. The van der Waals surface area contributed by atoms with Crippen molar-refractivity contribution in [3.05, 3.63) is 71.3 Å². The number of benzene rings is 2. The highest BCUT2D eigenvalue weighted by Crippen LogP contribution is 2.21. The van der Waals surface area contributed by atoms with Crippen molar-refractivity contribution in [1.82, 2.24) is 0 Å². The van der Waals surface area contributed by atoms with E-state index in [0.717, 1.165) is 5.56 Å². The average molecular weight is 274 g/mol. The molecule has 0 bridgehead atoms. The third-order valence-corrected chi connectivity index (χ3v) is 4.31. The molecule has 0 saturated heterocycles. The maximum atomic E-state index is 12.4. The molecule has 0 aliphatic heterocycles. The van der Waals surface area contributed by atoms with Crippen LogP contribution in [-0.4, -0.2) is 15.5 Å². The quantitative estimate of drug-likeness (QED) is 0.805. The molecule has 0 amide bonds. The zero-order valence-electron chi connectivity index (χ0n) is 10.5. The Hall–Kier alpha value is -2.07. The fraction of sp³-hybridized carbons (Fsp3) is 0.0667. The van der Waals surface area contributed by atoms with Crippen LogP contribution in [0.4, 0.5) is 0 Å². The Bertz CT molecular complexity index is 659. The molecule has 2 aromatic rings. The van der Waals surface area contributed by atoms with Gasteiger partial charge in [0, 0.05) is 0 Å². The molecule has 4 heteroatoms. The van der Waals surface area contributed by atoms with Crippen molar-refractivity contribution in [1.29, 1.82) is 0 Å². The molecule has 0 aliphatic rings. The summed E-state index contributed by atoms with van der Waals surface area (Å²) in [6.45, 7) is 0. The third-order valence-electron chi connectivity index (χ3n) is 2.60. The molecule has 0 fully saturated rings. The largest absolute Gasteiger partial charge is 0.486 e. The van der Waals surface area contributed by atoms with E-state index in [1.807, 2.05) is 30.3 Å². The molecule has 0 unspecified atom stereocenters. The highest BCUT2D eigenvalue weighted by molar-refractivity contribution is 7.95. The Balaban J connectivity index is 2.46. The first kappa shape index (κ1) is 13.4. The molecule has 0 aliphatic carbocycles. The lowest BCUT2D eigenvalue weighted by Crippen LogP contribution is -2.06. The molecule has 0 radical (unpaired) electrons. The highest BCUT2D eigenvalue weighted by Gasteiger charge is 2.21. The third kappa shape index (κ3) is 3.03. The second-order valence-corrected chi connectivity index (χ2v) is 5.78. The molecule has 0 aromatic heterocycles. The van der Waals surface area contributed by atoms with Crippen molar-refractivity contribution in [2.45, 2.75) is 4.90 Å². The van der Waals surface area contributed by atoms with Gasteiger partial charge >= 0.3 is 0 Å². The van der Waals surface area contributed by atoms with Gasteiger partial charge in [-0.15, -0.1) is 0 Å². The van der Waals surface area contributed by atoms with Crippen LogP contribution in [0.2, 0.25) is 0 Å². The van der Waals surface area contributed by atoms with Crippen LogP contribution in [0, 0.1) is 0 Å². The molecule has 0 atom stereocenters. The lowest BCUT2D eigenvalue weighted by molar-refractivity contribution is 0.320. The monoisotopic (exact) mass is 274 g/mol. The summed E-state index contributed by atoms with van der Waals surface area (Å²) < 4.78 is 29.8. The van der Waals surface area contributed by atoms with Gasteiger partial charge < -0.3 is 4.74 Å². The Labute approximate surface area is 113 Å². The number of hydrogen-bond donors (Lipinski definition) is 0. The average Bonchev–Trinajstić information content (AvgIpc) is 2.46. The molecule has 0 heterocycles. The molecule has 3 nitrogen and oxygen atoms in total. The molecule has 2 rings (SSSR count). The van der Waals surface area contributed by atoms with E-state index in [1.54, 1.807) is 30.3 Å².